The Morgan fingerprint density at radius 3 is 2.43 bits per heavy atom. The Bertz CT molecular complexity index is 477. The summed E-state index contributed by atoms with van der Waals surface area (Å²) in [6.45, 7) is 1.23. The third kappa shape index (κ3) is 5.28. The van der Waals surface area contributed by atoms with Gasteiger partial charge in [-0.25, -0.2) is 8.42 Å². The number of rotatable bonds is 6. The average molecular weight is 320 g/mol. The number of hydrogen-bond acceptors (Lipinski definition) is 4. The number of hydrogen-bond donors (Lipinski definition) is 2. The Labute approximate surface area is 125 Å². The highest BCUT2D eigenvalue weighted by atomic mass is 32.2. The van der Waals surface area contributed by atoms with Crippen molar-refractivity contribution in [3.05, 3.63) is 0 Å². The molecule has 21 heavy (non-hydrogen) atoms. The lowest BCUT2D eigenvalue weighted by Crippen LogP contribution is -2.47. The lowest BCUT2D eigenvalue weighted by atomic mass is 9.95. The van der Waals surface area contributed by atoms with E-state index < -0.39 is 33.9 Å². The molecule has 0 aromatic carbocycles. The highest BCUT2D eigenvalue weighted by Gasteiger charge is 2.31. The number of likely N-dealkylation sites (N-methyl/N-ethyl adjacent to an activating group) is 1. The second-order valence-electron chi connectivity index (χ2n) is 5.41. The summed E-state index contributed by atoms with van der Waals surface area (Å²) in [4.78, 5) is 23.2. The molecule has 1 amide bonds. The van der Waals surface area contributed by atoms with Gasteiger partial charge in [0.25, 0.3) is 0 Å². The summed E-state index contributed by atoms with van der Waals surface area (Å²) in [5.41, 5.74) is 0. The van der Waals surface area contributed by atoms with E-state index in [1.807, 2.05) is 0 Å². The molecule has 2 atom stereocenters. The monoisotopic (exact) mass is 320 g/mol. The molecule has 0 heterocycles. The van der Waals surface area contributed by atoms with Crippen LogP contribution in [0.1, 0.15) is 39.0 Å². The van der Waals surface area contributed by atoms with Gasteiger partial charge in [0.2, 0.25) is 15.9 Å². The number of amides is 1. The minimum Gasteiger partial charge on any atom is -0.481 e. The number of sulfonamides is 1. The van der Waals surface area contributed by atoms with E-state index in [0.29, 0.717) is 12.8 Å². The Morgan fingerprint density at radius 2 is 1.86 bits per heavy atom. The van der Waals surface area contributed by atoms with Gasteiger partial charge in [0, 0.05) is 13.1 Å². The van der Waals surface area contributed by atoms with Crippen molar-refractivity contribution in [3.8, 4) is 0 Å². The molecule has 0 unspecified atom stereocenters. The summed E-state index contributed by atoms with van der Waals surface area (Å²) in [6.07, 6.45) is 3.84. The topological polar surface area (TPSA) is 104 Å². The van der Waals surface area contributed by atoms with Crippen molar-refractivity contribution in [1.82, 2.24) is 9.62 Å². The fourth-order valence-electron chi connectivity index (χ4n) is 2.55. The maximum Gasteiger partial charge on any atom is 0.308 e. The molecule has 0 spiro atoms. The third-order valence-corrected chi connectivity index (χ3v) is 5.69. The average Bonchev–Trinajstić information content (AvgIpc) is 2.63. The first kappa shape index (κ1) is 17.9. The zero-order chi connectivity index (χ0) is 16.0. The molecular weight excluding hydrogens is 296 g/mol. The fourth-order valence-corrected chi connectivity index (χ4v) is 3.30. The SMILES string of the molecule is CCS(=O)(=O)N(C)CC(=O)N[C@H]1CCCCC[C@H]1C(=O)O. The second kappa shape index (κ2) is 7.74. The summed E-state index contributed by atoms with van der Waals surface area (Å²) in [5.74, 6) is -2.02. The molecule has 0 aromatic rings. The van der Waals surface area contributed by atoms with Gasteiger partial charge in [-0.1, -0.05) is 19.3 Å². The maximum atomic E-state index is 12.0. The lowest BCUT2D eigenvalue weighted by molar-refractivity contribution is -0.143. The van der Waals surface area contributed by atoms with Crippen LogP contribution < -0.4 is 5.32 Å². The van der Waals surface area contributed by atoms with E-state index in [9.17, 15) is 23.1 Å². The quantitative estimate of drug-likeness (QED) is 0.690. The van der Waals surface area contributed by atoms with Crippen molar-refractivity contribution in [2.45, 2.75) is 45.1 Å². The lowest BCUT2D eigenvalue weighted by Gasteiger charge is -2.24. The van der Waals surface area contributed by atoms with Crippen molar-refractivity contribution in [2.24, 2.45) is 5.92 Å². The largest absolute Gasteiger partial charge is 0.481 e. The van der Waals surface area contributed by atoms with Crippen LogP contribution in [0.3, 0.4) is 0 Å². The first-order valence-electron chi connectivity index (χ1n) is 7.24. The van der Waals surface area contributed by atoms with Crippen molar-refractivity contribution < 1.29 is 23.1 Å². The van der Waals surface area contributed by atoms with Gasteiger partial charge >= 0.3 is 5.97 Å². The van der Waals surface area contributed by atoms with Gasteiger partial charge in [-0.05, 0) is 19.8 Å². The van der Waals surface area contributed by atoms with E-state index in [1.165, 1.54) is 14.0 Å². The van der Waals surface area contributed by atoms with E-state index in [2.05, 4.69) is 5.32 Å². The molecule has 0 aliphatic heterocycles. The van der Waals surface area contributed by atoms with Gasteiger partial charge in [0.15, 0.2) is 0 Å². The van der Waals surface area contributed by atoms with Crippen LogP contribution >= 0.6 is 0 Å². The summed E-state index contributed by atoms with van der Waals surface area (Å²) in [5, 5.41) is 11.9. The van der Waals surface area contributed by atoms with Crippen molar-refractivity contribution in [2.75, 3.05) is 19.3 Å². The fraction of sp³-hybridized carbons (Fsp3) is 0.846. The normalized spacial score (nSPS) is 23.6. The zero-order valence-corrected chi connectivity index (χ0v) is 13.4. The van der Waals surface area contributed by atoms with E-state index in [4.69, 9.17) is 0 Å². The van der Waals surface area contributed by atoms with Crippen LogP contribution in [0.25, 0.3) is 0 Å². The third-order valence-electron chi connectivity index (χ3n) is 3.89. The molecule has 1 fully saturated rings. The van der Waals surface area contributed by atoms with E-state index in [1.54, 1.807) is 0 Å². The molecule has 1 aliphatic rings. The van der Waals surface area contributed by atoms with E-state index in [-0.39, 0.29) is 12.3 Å². The van der Waals surface area contributed by atoms with Crippen LogP contribution in [-0.2, 0) is 19.6 Å². The maximum absolute atomic E-state index is 12.0. The van der Waals surface area contributed by atoms with Crippen LogP contribution in [0, 0.1) is 5.92 Å². The van der Waals surface area contributed by atoms with Crippen LogP contribution in [-0.4, -0.2) is 55.1 Å². The summed E-state index contributed by atoms with van der Waals surface area (Å²) >= 11 is 0. The molecule has 1 rings (SSSR count). The predicted molar refractivity (Wildman–Crippen MR) is 78.2 cm³/mol. The van der Waals surface area contributed by atoms with Crippen LogP contribution in [0.15, 0.2) is 0 Å². The van der Waals surface area contributed by atoms with Gasteiger partial charge in [-0.3, -0.25) is 9.59 Å². The number of carbonyl (C=O) groups is 2. The Hall–Kier alpha value is -1.15. The Kier molecular flexibility index (Phi) is 6.60. The highest BCUT2D eigenvalue weighted by molar-refractivity contribution is 7.89. The Balaban J connectivity index is 2.65. The first-order chi connectivity index (χ1) is 9.77. The van der Waals surface area contributed by atoms with Gasteiger partial charge < -0.3 is 10.4 Å². The van der Waals surface area contributed by atoms with E-state index >= 15 is 0 Å². The standard InChI is InChI=1S/C13H24N2O5S/c1-3-21(19,20)15(2)9-12(16)14-11-8-6-4-5-7-10(11)13(17)18/h10-11H,3-9H2,1-2H3,(H,14,16)(H,17,18)/t10-,11+/m1/s1. The minimum absolute atomic E-state index is 0.0715. The predicted octanol–water partition coefficient (Wildman–Crippen LogP) is 0.418. The van der Waals surface area contributed by atoms with Crippen LogP contribution in [0.5, 0.6) is 0 Å². The molecule has 7 nitrogen and oxygen atoms in total. The van der Waals surface area contributed by atoms with Crippen molar-refractivity contribution in [1.29, 1.82) is 0 Å². The number of carbonyl (C=O) groups excluding carboxylic acids is 1. The highest BCUT2D eigenvalue weighted by Crippen LogP contribution is 2.23. The van der Waals surface area contributed by atoms with E-state index in [0.717, 1.165) is 23.6 Å². The second-order valence-corrected chi connectivity index (χ2v) is 7.78. The summed E-state index contributed by atoms with van der Waals surface area (Å²) in [6, 6.07) is -0.421. The zero-order valence-electron chi connectivity index (χ0n) is 12.5. The molecule has 1 aliphatic carbocycles. The molecule has 0 bridgehead atoms. The molecule has 8 heteroatoms. The number of nitrogens with zero attached hydrogens (tertiary/aromatic N) is 1. The number of carboxylic acids is 1. The van der Waals surface area contributed by atoms with Crippen LogP contribution in [0.2, 0.25) is 0 Å². The molecule has 0 radical (unpaired) electrons. The molecule has 0 aromatic heterocycles. The van der Waals surface area contributed by atoms with Gasteiger partial charge in [0.1, 0.15) is 0 Å². The van der Waals surface area contributed by atoms with Crippen molar-refractivity contribution in [3.63, 3.8) is 0 Å². The molecule has 2 N–H and O–H groups in total. The molecule has 0 saturated heterocycles. The molecular formula is C13H24N2O5S. The Morgan fingerprint density at radius 1 is 1.24 bits per heavy atom. The minimum atomic E-state index is -3.41. The van der Waals surface area contributed by atoms with Gasteiger partial charge in [0.05, 0.1) is 18.2 Å². The summed E-state index contributed by atoms with van der Waals surface area (Å²) < 4.78 is 24.2. The number of carboxylic acid groups (broad SMARTS) is 1. The molecule has 1 saturated carbocycles. The molecule has 122 valence electrons. The van der Waals surface area contributed by atoms with Crippen molar-refractivity contribution >= 4 is 21.9 Å². The van der Waals surface area contributed by atoms with Crippen LogP contribution in [0.4, 0.5) is 0 Å². The van der Waals surface area contributed by atoms with Gasteiger partial charge in [-0.15, -0.1) is 0 Å². The smallest absolute Gasteiger partial charge is 0.308 e. The summed E-state index contributed by atoms with van der Waals surface area (Å²) in [7, 11) is -2.07. The first-order valence-corrected chi connectivity index (χ1v) is 8.85. The van der Waals surface area contributed by atoms with Gasteiger partial charge in [-0.2, -0.15) is 4.31 Å². The number of aliphatic carboxylic acids is 1. The number of nitrogens with one attached hydrogen (secondary N) is 1.